The minimum absolute atomic E-state index is 0.141. The monoisotopic (exact) mass is 312 g/mol. The summed E-state index contributed by atoms with van der Waals surface area (Å²) in [5.41, 5.74) is -0.733. The Morgan fingerprint density at radius 3 is 2.77 bits per heavy atom. The van der Waals surface area contributed by atoms with Crippen molar-refractivity contribution in [2.24, 2.45) is 5.41 Å². The average Bonchev–Trinajstić information content (AvgIpc) is 2.87. The van der Waals surface area contributed by atoms with E-state index in [1.807, 2.05) is 0 Å². The van der Waals surface area contributed by atoms with Crippen LogP contribution in [-0.4, -0.2) is 41.6 Å². The maximum atomic E-state index is 13.5. The number of amides is 2. The van der Waals surface area contributed by atoms with Gasteiger partial charge in [-0.3, -0.25) is 4.79 Å². The van der Waals surface area contributed by atoms with Crippen molar-refractivity contribution in [3.8, 4) is 0 Å². The molecule has 2 rings (SSSR count). The van der Waals surface area contributed by atoms with Gasteiger partial charge >= 0.3 is 12.0 Å². The van der Waals surface area contributed by atoms with Gasteiger partial charge in [-0.25, -0.2) is 13.6 Å². The summed E-state index contributed by atoms with van der Waals surface area (Å²) in [5.74, 6) is -2.75. The van der Waals surface area contributed by atoms with Crippen molar-refractivity contribution in [1.82, 2.24) is 10.2 Å². The van der Waals surface area contributed by atoms with Crippen molar-refractivity contribution in [2.45, 2.75) is 19.8 Å². The molecule has 1 aromatic carbocycles. The van der Waals surface area contributed by atoms with E-state index in [0.29, 0.717) is 13.0 Å². The highest BCUT2D eigenvalue weighted by Gasteiger charge is 2.42. The second-order valence-corrected chi connectivity index (χ2v) is 5.73. The van der Waals surface area contributed by atoms with Crippen LogP contribution in [0.15, 0.2) is 18.2 Å². The van der Waals surface area contributed by atoms with Gasteiger partial charge in [-0.1, -0.05) is 12.1 Å². The molecule has 1 saturated heterocycles. The number of carboxylic acid groups (broad SMARTS) is 1. The third-order valence-electron chi connectivity index (χ3n) is 3.98. The number of nitrogens with one attached hydrogen (secondary N) is 1. The van der Waals surface area contributed by atoms with E-state index in [1.54, 1.807) is 6.92 Å². The zero-order chi connectivity index (χ0) is 16.3. The molecule has 1 unspecified atom stereocenters. The maximum absolute atomic E-state index is 13.5. The van der Waals surface area contributed by atoms with Gasteiger partial charge in [0.05, 0.1) is 5.41 Å². The Morgan fingerprint density at radius 2 is 2.14 bits per heavy atom. The molecule has 0 saturated carbocycles. The van der Waals surface area contributed by atoms with Crippen molar-refractivity contribution >= 4 is 12.0 Å². The number of carboxylic acids is 1. The van der Waals surface area contributed by atoms with Gasteiger partial charge in [0, 0.05) is 19.6 Å². The fourth-order valence-corrected chi connectivity index (χ4v) is 2.47. The number of hydrogen-bond donors (Lipinski definition) is 2. The molecule has 120 valence electrons. The molecule has 2 N–H and O–H groups in total. The number of rotatable bonds is 4. The molecule has 5 nitrogen and oxygen atoms in total. The van der Waals surface area contributed by atoms with Crippen LogP contribution >= 0.6 is 0 Å². The number of carbonyl (C=O) groups is 2. The summed E-state index contributed by atoms with van der Waals surface area (Å²) < 4.78 is 26.5. The van der Waals surface area contributed by atoms with E-state index in [9.17, 15) is 18.4 Å². The predicted molar refractivity (Wildman–Crippen MR) is 75.4 cm³/mol. The van der Waals surface area contributed by atoms with E-state index in [1.165, 1.54) is 17.0 Å². The normalized spacial score (nSPS) is 21.0. The smallest absolute Gasteiger partial charge is 0.317 e. The van der Waals surface area contributed by atoms with Crippen LogP contribution in [0.2, 0.25) is 0 Å². The molecule has 0 radical (unpaired) electrons. The molecule has 1 atom stereocenters. The molecule has 0 aliphatic carbocycles. The van der Waals surface area contributed by atoms with Gasteiger partial charge < -0.3 is 15.3 Å². The second kappa shape index (κ2) is 6.29. The molecule has 1 fully saturated rings. The number of likely N-dealkylation sites (tertiary alicyclic amines) is 1. The number of halogens is 2. The quantitative estimate of drug-likeness (QED) is 0.893. The lowest BCUT2D eigenvalue weighted by Gasteiger charge is -2.20. The zero-order valence-corrected chi connectivity index (χ0v) is 12.2. The van der Waals surface area contributed by atoms with Gasteiger partial charge in [0.1, 0.15) is 0 Å². The van der Waals surface area contributed by atoms with E-state index in [-0.39, 0.29) is 31.1 Å². The molecular formula is C15H18F2N2O3. The lowest BCUT2D eigenvalue weighted by Crippen LogP contribution is -2.41. The first kappa shape index (κ1) is 16.2. The van der Waals surface area contributed by atoms with Crippen LogP contribution in [0.5, 0.6) is 0 Å². The average molecular weight is 312 g/mol. The van der Waals surface area contributed by atoms with Crippen molar-refractivity contribution < 1.29 is 23.5 Å². The van der Waals surface area contributed by atoms with Crippen LogP contribution in [0.3, 0.4) is 0 Å². The van der Waals surface area contributed by atoms with Gasteiger partial charge in [0.15, 0.2) is 11.6 Å². The third-order valence-corrected chi connectivity index (χ3v) is 3.98. The Morgan fingerprint density at radius 1 is 1.41 bits per heavy atom. The Kier molecular flexibility index (Phi) is 4.63. The van der Waals surface area contributed by atoms with E-state index in [2.05, 4.69) is 5.32 Å². The van der Waals surface area contributed by atoms with Gasteiger partial charge in [0.2, 0.25) is 0 Å². The summed E-state index contributed by atoms with van der Waals surface area (Å²) in [6.07, 6.45) is 0.563. The van der Waals surface area contributed by atoms with Gasteiger partial charge in [-0.15, -0.1) is 0 Å². The topological polar surface area (TPSA) is 69.6 Å². The van der Waals surface area contributed by atoms with Crippen molar-refractivity contribution in [3.05, 3.63) is 35.4 Å². The molecular weight excluding hydrogens is 294 g/mol. The summed E-state index contributed by atoms with van der Waals surface area (Å²) in [7, 11) is 0. The van der Waals surface area contributed by atoms with E-state index < -0.39 is 23.0 Å². The fourth-order valence-electron chi connectivity index (χ4n) is 2.47. The Labute approximate surface area is 126 Å². The largest absolute Gasteiger partial charge is 0.481 e. The first-order valence-electron chi connectivity index (χ1n) is 7.02. The Hall–Kier alpha value is -2.18. The van der Waals surface area contributed by atoms with Gasteiger partial charge in [0.25, 0.3) is 0 Å². The number of hydrogen-bond acceptors (Lipinski definition) is 2. The van der Waals surface area contributed by atoms with Crippen LogP contribution in [0.25, 0.3) is 0 Å². The number of nitrogens with zero attached hydrogens (tertiary/aromatic N) is 1. The minimum Gasteiger partial charge on any atom is -0.481 e. The molecule has 0 bridgehead atoms. The summed E-state index contributed by atoms with van der Waals surface area (Å²) in [6, 6.07) is 3.52. The highest BCUT2D eigenvalue weighted by Crippen LogP contribution is 2.29. The Balaban J connectivity index is 1.84. The van der Waals surface area contributed by atoms with Gasteiger partial charge in [-0.05, 0) is 31.4 Å². The van der Waals surface area contributed by atoms with Crippen LogP contribution < -0.4 is 5.32 Å². The van der Waals surface area contributed by atoms with Crippen LogP contribution in [0.1, 0.15) is 18.9 Å². The highest BCUT2D eigenvalue weighted by atomic mass is 19.2. The lowest BCUT2D eigenvalue weighted by atomic mass is 9.90. The number of benzene rings is 1. The summed E-state index contributed by atoms with van der Waals surface area (Å²) in [6.45, 7) is 2.26. The standard InChI is InChI=1S/C15H18F2N2O3/c1-15(13(20)21)6-8-19(9-15)14(22)18-7-5-10-3-2-4-11(16)12(10)17/h2-4H,5-9H2,1H3,(H,18,22)(H,20,21). The first-order chi connectivity index (χ1) is 10.3. The summed E-state index contributed by atoms with van der Waals surface area (Å²) in [5, 5.41) is 11.7. The SMILES string of the molecule is CC1(C(=O)O)CCN(C(=O)NCCc2cccc(F)c2F)C1. The molecule has 22 heavy (non-hydrogen) atoms. The molecule has 1 aliphatic rings. The Bertz CT molecular complexity index is 594. The number of urea groups is 1. The molecule has 7 heteroatoms. The van der Waals surface area contributed by atoms with E-state index >= 15 is 0 Å². The predicted octanol–water partition coefficient (Wildman–Crippen LogP) is 2.01. The molecule has 0 spiro atoms. The van der Waals surface area contributed by atoms with Crippen molar-refractivity contribution in [3.63, 3.8) is 0 Å². The van der Waals surface area contributed by atoms with Crippen LogP contribution in [0, 0.1) is 17.0 Å². The first-order valence-corrected chi connectivity index (χ1v) is 7.02. The minimum atomic E-state index is -0.926. The van der Waals surface area contributed by atoms with Crippen LogP contribution in [-0.2, 0) is 11.2 Å². The number of aliphatic carboxylic acids is 1. The van der Waals surface area contributed by atoms with Gasteiger partial charge in [-0.2, -0.15) is 0 Å². The maximum Gasteiger partial charge on any atom is 0.317 e. The van der Waals surface area contributed by atoms with Crippen LogP contribution in [0.4, 0.5) is 13.6 Å². The third kappa shape index (κ3) is 3.35. The molecule has 1 aromatic rings. The van der Waals surface area contributed by atoms with Crippen molar-refractivity contribution in [1.29, 1.82) is 0 Å². The van der Waals surface area contributed by atoms with E-state index in [0.717, 1.165) is 6.07 Å². The van der Waals surface area contributed by atoms with E-state index in [4.69, 9.17) is 5.11 Å². The number of carbonyl (C=O) groups excluding carboxylic acids is 1. The molecule has 2 amide bonds. The lowest BCUT2D eigenvalue weighted by molar-refractivity contribution is -0.146. The summed E-state index contributed by atoms with van der Waals surface area (Å²) in [4.78, 5) is 24.5. The molecule has 1 aliphatic heterocycles. The molecule has 1 heterocycles. The molecule has 0 aromatic heterocycles. The fraction of sp³-hybridized carbons (Fsp3) is 0.467. The van der Waals surface area contributed by atoms with Crippen molar-refractivity contribution in [2.75, 3.05) is 19.6 Å². The summed E-state index contributed by atoms with van der Waals surface area (Å²) >= 11 is 0. The zero-order valence-electron chi connectivity index (χ0n) is 12.2. The second-order valence-electron chi connectivity index (χ2n) is 5.73. The highest BCUT2D eigenvalue weighted by molar-refractivity contribution is 5.79.